The van der Waals surface area contributed by atoms with E-state index in [9.17, 15) is 0 Å². The van der Waals surface area contributed by atoms with Gasteiger partial charge in [0.25, 0.3) is 0 Å². The Labute approximate surface area is 158 Å². The van der Waals surface area contributed by atoms with Crippen LogP contribution >= 0.6 is 0 Å². The molecule has 0 aliphatic rings. The summed E-state index contributed by atoms with van der Waals surface area (Å²) in [7, 11) is 0. The van der Waals surface area contributed by atoms with Gasteiger partial charge in [0.05, 0.1) is 11.4 Å². The van der Waals surface area contributed by atoms with Crippen molar-refractivity contribution in [3.05, 3.63) is 71.4 Å². The fourth-order valence-corrected chi connectivity index (χ4v) is 3.04. The molecule has 0 fully saturated rings. The maximum Gasteiger partial charge on any atom is 0.0645 e. The average Bonchev–Trinajstić information content (AvgIpc) is 2.62. The van der Waals surface area contributed by atoms with Gasteiger partial charge < -0.3 is 16.4 Å². The molecule has 0 radical (unpaired) electrons. The molecule has 0 spiro atoms. The molecule has 0 bridgehead atoms. The standard InChI is InChI=1S/C23H31N3/c1-6-18-15-20(16(3)4)9-10-22(18)25-11-8-12-26-23-19(7-2)13-17(5)14-21(23)24/h8-10,12-15,25-26H,3,6-7,11,24H2,1-2,4-5H3/b12-8+. The summed E-state index contributed by atoms with van der Waals surface area (Å²) < 4.78 is 0. The molecular formula is C23H31N3. The van der Waals surface area contributed by atoms with Gasteiger partial charge >= 0.3 is 0 Å². The molecule has 4 N–H and O–H groups in total. The first-order chi connectivity index (χ1) is 12.5. The minimum atomic E-state index is 0.750. The first-order valence-electron chi connectivity index (χ1n) is 9.29. The normalized spacial score (nSPS) is 10.9. The molecule has 0 saturated heterocycles. The third-order valence-corrected chi connectivity index (χ3v) is 4.51. The lowest BCUT2D eigenvalue weighted by molar-refractivity contribution is 1.12. The minimum Gasteiger partial charge on any atom is -0.397 e. The van der Waals surface area contributed by atoms with Gasteiger partial charge in [-0.25, -0.2) is 0 Å². The van der Waals surface area contributed by atoms with Gasteiger partial charge in [0.1, 0.15) is 0 Å². The summed E-state index contributed by atoms with van der Waals surface area (Å²) in [5.74, 6) is 0. The number of hydrogen-bond acceptors (Lipinski definition) is 3. The second kappa shape index (κ2) is 9.14. The van der Waals surface area contributed by atoms with Gasteiger partial charge in [-0.1, -0.05) is 38.1 Å². The van der Waals surface area contributed by atoms with Gasteiger partial charge in [-0.05, 0) is 79.4 Å². The maximum atomic E-state index is 6.16. The van der Waals surface area contributed by atoms with Gasteiger partial charge in [0.15, 0.2) is 0 Å². The van der Waals surface area contributed by atoms with Crippen molar-refractivity contribution >= 4 is 22.6 Å². The van der Waals surface area contributed by atoms with Crippen LogP contribution in [-0.2, 0) is 12.8 Å². The second-order valence-electron chi connectivity index (χ2n) is 6.68. The van der Waals surface area contributed by atoms with E-state index < -0.39 is 0 Å². The van der Waals surface area contributed by atoms with Crippen molar-refractivity contribution < 1.29 is 0 Å². The molecule has 0 atom stereocenters. The van der Waals surface area contributed by atoms with Crippen molar-refractivity contribution in [3.63, 3.8) is 0 Å². The summed E-state index contributed by atoms with van der Waals surface area (Å²) in [6, 6.07) is 10.7. The minimum absolute atomic E-state index is 0.750. The van der Waals surface area contributed by atoms with Crippen molar-refractivity contribution in [2.24, 2.45) is 0 Å². The molecule has 3 nitrogen and oxygen atoms in total. The van der Waals surface area contributed by atoms with Crippen molar-refractivity contribution in [2.45, 2.75) is 40.5 Å². The molecule has 2 rings (SSSR count). The van der Waals surface area contributed by atoms with Crippen LogP contribution in [0.2, 0.25) is 0 Å². The topological polar surface area (TPSA) is 50.1 Å². The van der Waals surface area contributed by atoms with Crippen LogP contribution in [0.1, 0.15) is 43.0 Å². The van der Waals surface area contributed by atoms with E-state index >= 15 is 0 Å². The van der Waals surface area contributed by atoms with Crippen molar-refractivity contribution in [1.29, 1.82) is 0 Å². The number of anilines is 3. The number of nitrogens with one attached hydrogen (secondary N) is 2. The van der Waals surface area contributed by atoms with E-state index in [1.165, 1.54) is 27.9 Å². The zero-order valence-electron chi connectivity index (χ0n) is 16.4. The first-order valence-corrected chi connectivity index (χ1v) is 9.29. The number of rotatable bonds is 8. The molecule has 0 saturated carbocycles. The zero-order valence-corrected chi connectivity index (χ0v) is 16.4. The van der Waals surface area contributed by atoms with E-state index in [-0.39, 0.29) is 0 Å². The SMILES string of the molecule is C=C(C)c1ccc(NC/C=C/Nc2c(N)cc(C)cc2CC)c(CC)c1. The van der Waals surface area contributed by atoms with Crippen LogP contribution < -0.4 is 16.4 Å². The number of nitrogen functional groups attached to an aromatic ring is 1. The smallest absolute Gasteiger partial charge is 0.0645 e. The van der Waals surface area contributed by atoms with Crippen LogP contribution in [0.4, 0.5) is 17.1 Å². The van der Waals surface area contributed by atoms with Crippen LogP contribution in [0, 0.1) is 6.92 Å². The number of hydrogen-bond donors (Lipinski definition) is 3. The molecule has 0 heterocycles. The van der Waals surface area contributed by atoms with Crippen molar-refractivity contribution in [1.82, 2.24) is 0 Å². The average molecular weight is 350 g/mol. The van der Waals surface area contributed by atoms with Gasteiger partial charge in [0, 0.05) is 12.2 Å². The summed E-state index contributed by atoms with van der Waals surface area (Å²) in [6.45, 7) is 13.2. The van der Waals surface area contributed by atoms with Crippen molar-refractivity contribution in [2.75, 3.05) is 22.9 Å². The van der Waals surface area contributed by atoms with E-state index in [4.69, 9.17) is 5.73 Å². The Hall–Kier alpha value is -2.68. The lowest BCUT2D eigenvalue weighted by Gasteiger charge is -2.13. The lowest BCUT2D eigenvalue weighted by Crippen LogP contribution is -2.04. The summed E-state index contributed by atoms with van der Waals surface area (Å²) in [5, 5.41) is 6.82. The monoisotopic (exact) mass is 349 g/mol. The highest BCUT2D eigenvalue weighted by atomic mass is 14.9. The molecule has 0 amide bonds. The van der Waals surface area contributed by atoms with Gasteiger partial charge in [-0.2, -0.15) is 0 Å². The summed E-state index contributed by atoms with van der Waals surface area (Å²) in [5.41, 5.74) is 15.2. The highest BCUT2D eigenvalue weighted by molar-refractivity contribution is 5.72. The van der Waals surface area contributed by atoms with Crippen LogP contribution in [0.3, 0.4) is 0 Å². The van der Waals surface area contributed by atoms with E-state index in [0.717, 1.165) is 36.3 Å². The Morgan fingerprint density at radius 3 is 2.50 bits per heavy atom. The number of nitrogens with two attached hydrogens (primary N) is 1. The van der Waals surface area contributed by atoms with E-state index in [2.05, 4.69) is 68.3 Å². The van der Waals surface area contributed by atoms with Crippen molar-refractivity contribution in [3.8, 4) is 0 Å². The largest absolute Gasteiger partial charge is 0.397 e. The Bertz CT molecular complexity index is 803. The lowest BCUT2D eigenvalue weighted by atomic mass is 10.0. The van der Waals surface area contributed by atoms with Gasteiger partial charge in [-0.3, -0.25) is 0 Å². The summed E-state index contributed by atoms with van der Waals surface area (Å²) >= 11 is 0. The molecule has 0 aromatic heterocycles. The van der Waals surface area contributed by atoms with Crippen LogP contribution in [0.5, 0.6) is 0 Å². The van der Waals surface area contributed by atoms with E-state index in [1.807, 2.05) is 19.2 Å². The summed E-state index contributed by atoms with van der Waals surface area (Å²) in [4.78, 5) is 0. The Morgan fingerprint density at radius 1 is 1.12 bits per heavy atom. The Balaban J connectivity index is 1.99. The highest BCUT2D eigenvalue weighted by Gasteiger charge is 2.05. The molecule has 0 aliphatic carbocycles. The van der Waals surface area contributed by atoms with Crippen LogP contribution in [0.25, 0.3) is 5.57 Å². The quantitative estimate of drug-likeness (QED) is 0.530. The summed E-state index contributed by atoms with van der Waals surface area (Å²) in [6.07, 6.45) is 5.98. The number of allylic oxidation sites excluding steroid dienone is 1. The number of benzene rings is 2. The van der Waals surface area contributed by atoms with E-state index in [0.29, 0.717) is 0 Å². The van der Waals surface area contributed by atoms with Gasteiger partial charge in [0.2, 0.25) is 0 Å². The molecule has 0 unspecified atom stereocenters. The highest BCUT2D eigenvalue weighted by Crippen LogP contribution is 2.26. The second-order valence-corrected chi connectivity index (χ2v) is 6.68. The molecule has 2 aromatic carbocycles. The fraction of sp³-hybridized carbons (Fsp3) is 0.304. The molecular weight excluding hydrogens is 318 g/mol. The zero-order chi connectivity index (χ0) is 19.1. The fourth-order valence-electron chi connectivity index (χ4n) is 3.04. The molecule has 2 aromatic rings. The predicted octanol–water partition coefficient (Wildman–Crippen LogP) is 5.77. The van der Waals surface area contributed by atoms with Crippen LogP contribution in [0.15, 0.2) is 49.2 Å². The number of aryl methyl sites for hydroxylation is 3. The molecule has 138 valence electrons. The third kappa shape index (κ3) is 4.92. The third-order valence-electron chi connectivity index (χ3n) is 4.51. The molecule has 0 aliphatic heterocycles. The predicted molar refractivity (Wildman–Crippen MR) is 117 cm³/mol. The first kappa shape index (κ1) is 19.6. The van der Waals surface area contributed by atoms with E-state index in [1.54, 1.807) is 0 Å². The van der Waals surface area contributed by atoms with Gasteiger partial charge in [-0.15, -0.1) is 0 Å². The van der Waals surface area contributed by atoms with Crippen LogP contribution in [-0.4, -0.2) is 6.54 Å². The maximum absolute atomic E-state index is 6.16. The molecule has 3 heteroatoms. The Morgan fingerprint density at radius 2 is 1.85 bits per heavy atom. The Kier molecular flexibility index (Phi) is 6.90. The molecule has 26 heavy (non-hydrogen) atoms.